The minimum absolute atomic E-state index is 0.871. The van der Waals surface area contributed by atoms with Gasteiger partial charge in [0.15, 0.2) is 0 Å². The first kappa shape index (κ1) is 15.3. The van der Waals surface area contributed by atoms with Crippen molar-refractivity contribution in [2.75, 3.05) is 45.6 Å². The van der Waals surface area contributed by atoms with Crippen LogP contribution in [0.4, 0.5) is 5.82 Å². The second kappa shape index (κ2) is 7.60. The zero-order valence-electron chi connectivity index (χ0n) is 13.1. The fourth-order valence-electron chi connectivity index (χ4n) is 2.91. The molecule has 0 amide bonds. The third-order valence-corrected chi connectivity index (χ3v) is 3.92. The summed E-state index contributed by atoms with van der Waals surface area (Å²) in [6.45, 7) is 7.71. The summed E-state index contributed by atoms with van der Waals surface area (Å²) in [6, 6.07) is 4.27. The molecular formula is C16H28N4. The van der Waals surface area contributed by atoms with Crippen molar-refractivity contribution in [3.8, 4) is 0 Å². The molecule has 4 heteroatoms. The molecule has 1 saturated heterocycles. The highest BCUT2D eigenvalue weighted by atomic mass is 15.1. The third-order valence-electron chi connectivity index (χ3n) is 3.92. The van der Waals surface area contributed by atoms with Gasteiger partial charge >= 0.3 is 0 Å². The maximum atomic E-state index is 4.44. The second-order valence-corrected chi connectivity index (χ2v) is 6.06. The summed E-state index contributed by atoms with van der Waals surface area (Å²) >= 11 is 0. The van der Waals surface area contributed by atoms with Crippen molar-refractivity contribution in [2.24, 2.45) is 5.92 Å². The van der Waals surface area contributed by atoms with E-state index in [0.29, 0.717) is 0 Å². The third kappa shape index (κ3) is 4.76. The van der Waals surface area contributed by atoms with Crippen LogP contribution in [0, 0.1) is 5.92 Å². The minimum atomic E-state index is 0.871. The van der Waals surface area contributed by atoms with Crippen LogP contribution < -0.4 is 5.32 Å². The Morgan fingerprint density at radius 2 is 2.05 bits per heavy atom. The van der Waals surface area contributed by atoms with Gasteiger partial charge in [-0.1, -0.05) is 6.07 Å². The summed E-state index contributed by atoms with van der Waals surface area (Å²) in [6.07, 6.45) is 4.64. The Bertz CT molecular complexity index is 380. The molecular weight excluding hydrogens is 248 g/mol. The van der Waals surface area contributed by atoms with Gasteiger partial charge in [-0.25, -0.2) is 4.98 Å². The van der Waals surface area contributed by atoms with Crippen LogP contribution in [0.3, 0.4) is 0 Å². The SMILES string of the molecule is CCNc1ccc(CN2CCC(CN(C)C)CC2)cn1. The number of hydrogen-bond acceptors (Lipinski definition) is 4. The van der Waals surface area contributed by atoms with Gasteiger partial charge in [0.25, 0.3) is 0 Å². The Kier molecular flexibility index (Phi) is 5.80. The summed E-state index contributed by atoms with van der Waals surface area (Å²) in [5.74, 6) is 1.84. The molecule has 1 aliphatic rings. The predicted molar refractivity (Wildman–Crippen MR) is 85.0 cm³/mol. The number of aromatic nitrogens is 1. The van der Waals surface area contributed by atoms with Gasteiger partial charge in [0, 0.05) is 25.8 Å². The molecule has 0 aromatic carbocycles. The lowest BCUT2D eigenvalue weighted by Crippen LogP contribution is -2.36. The molecule has 0 saturated carbocycles. The maximum absolute atomic E-state index is 4.44. The molecule has 112 valence electrons. The molecule has 0 atom stereocenters. The molecule has 1 fully saturated rings. The smallest absolute Gasteiger partial charge is 0.125 e. The monoisotopic (exact) mass is 276 g/mol. The fourth-order valence-corrected chi connectivity index (χ4v) is 2.91. The Hall–Kier alpha value is -1.13. The highest BCUT2D eigenvalue weighted by molar-refractivity contribution is 5.35. The van der Waals surface area contributed by atoms with Gasteiger partial charge in [-0.3, -0.25) is 4.90 Å². The maximum Gasteiger partial charge on any atom is 0.125 e. The molecule has 1 aliphatic heterocycles. The van der Waals surface area contributed by atoms with Crippen LogP contribution in [-0.4, -0.2) is 55.1 Å². The van der Waals surface area contributed by atoms with Crippen LogP contribution in [-0.2, 0) is 6.54 Å². The van der Waals surface area contributed by atoms with E-state index in [9.17, 15) is 0 Å². The lowest BCUT2D eigenvalue weighted by atomic mass is 9.96. The summed E-state index contributed by atoms with van der Waals surface area (Å²) in [7, 11) is 4.34. The van der Waals surface area contributed by atoms with Crippen molar-refractivity contribution < 1.29 is 0 Å². The molecule has 0 spiro atoms. The van der Waals surface area contributed by atoms with Crippen molar-refractivity contribution in [1.82, 2.24) is 14.8 Å². The van der Waals surface area contributed by atoms with E-state index >= 15 is 0 Å². The van der Waals surface area contributed by atoms with Crippen molar-refractivity contribution in [2.45, 2.75) is 26.3 Å². The largest absolute Gasteiger partial charge is 0.370 e. The number of pyridine rings is 1. The van der Waals surface area contributed by atoms with Crippen LogP contribution in [0.1, 0.15) is 25.3 Å². The first-order valence-electron chi connectivity index (χ1n) is 7.73. The molecule has 20 heavy (non-hydrogen) atoms. The Morgan fingerprint density at radius 1 is 1.30 bits per heavy atom. The van der Waals surface area contributed by atoms with Gasteiger partial charge < -0.3 is 10.2 Å². The number of anilines is 1. The van der Waals surface area contributed by atoms with Gasteiger partial charge in [0.2, 0.25) is 0 Å². The van der Waals surface area contributed by atoms with Gasteiger partial charge in [0.1, 0.15) is 5.82 Å². The minimum Gasteiger partial charge on any atom is -0.370 e. The zero-order chi connectivity index (χ0) is 14.4. The van der Waals surface area contributed by atoms with Crippen molar-refractivity contribution >= 4 is 5.82 Å². The van der Waals surface area contributed by atoms with E-state index < -0.39 is 0 Å². The van der Waals surface area contributed by atoms with Crippen LogP contribution in [0.2, 0.25) is 0 Å². The van der Waals surface area contributed by atoms with Crippen molar-refractivity contribution in [3.05, 3.63) is 23.9 Å². The zero-order valence-corrected chi connectivity index (χ0v) is 13.1. The van der Waals surface area contributed by atoms with Crippen LogP contribution in [0.15, 0.2) is 18.3 Å². The standard InChI is InChI=1S/C16H28N4/c1-4-17-16-6-5-15(11-18-16)13-20-9-7-14(8-10-20)12-19(2)3/h5-6,11,14H,4,7-10,12-13H2,1-3H3,(H,17,18). The van der Waals surface area contributed by atoms with E-state index in [1.54, 1.807) is 0 Å². The first-order chi connectivity index (χ1) is 9.67. The summed E-state index contributed by atoms with van der Waals surface area (Å²) < 4.78 is 0. The molecule has 4 nitrogen and oxygen atoms in total. The number of nitrogens with zero attached hydrogens (tertiary/aromatic N) is 3. The Labute approximate surface area is 123 Å². The fraction of sp³-hybridized carbons (Fsp3) is 0.688. The van der Waals surface area contributed by atoms with E-state index in [4.69, 9.17) is 0 Å². The van der Waals surface area contributed by atoms with E-state index in [-0.39, 0.29) is 0 Å². The predicted octanol–water partition coefficient (Wildman–Crippen LogP) is 2.29. The molecule has 2 rings (SSSR count). The first-order valence-corrected chi connectivity index (χ1v) is 7.73. The van der Waals surface area contributed by atoms with Crippen molar-refractivity contribution in [1.29, 1.82) is 0 Å². The molecule has 0 bridgehead atoms. The number of nitrogens with one attached hydrogen (secondary N) is 1. The molecule has 0 radical (unpaired) electrons. The molecule has 0 aliphatic carbocycles. The highest BCUT2D eigenvalue weighted by Gasteiger charge is 2.19. The van der Waals surface area contributed by atoms with Gasteiger partial charge in [-0.2, -0.15) is 0 Å². The summed E-state index contributed by atoms with van der Waals surface area (Å²) in [4.78, 5) is 9.30. The average Bonchev–Trinajstić information content (AvgIpc) is 2.43. The van der Waals surface area contributed by atoms with Crippen LogP contribution in [0.5, 0.6) is 0 Å². The van der Waals surface area contributed by atoms with E-state index in [1.165, 1.54) is 38.0 Å². The number of hydrogen-bond donors (Lipinski definition) is 1. The summed E-state index contributed by atoms with van der Waals surface area (Å²) in [5.41, 5.74) is 1.32. The van der Waals surface area contributed by atoms with Crippen LogP contribution in [0.25, 0.3) is 0 Å². The second-order valence-electron chi connectivity index (χ2n) is 6.06. The van der Waals surface area contributed by atoms with Crippen LogP contribution >= 0.6 is 0 Å². The number of rotatable bonds is 6. The van der Waals surface area contributed by atoms with Gasteiger partial charge in [-0.15, -0.1) is 0 Å². The van der Waals surface area contributed by atoms with Gasteiger partial charge in [-0.05, 0) is 64.5 Å². The van der Waals surface area contributed by atoms with Crippen molar-refractivity contribution in [3.63, 3.8) is 0 Å². The molecule has 0 unspecified atom stereocenters. The quantitative estimate of drug-likeness (QED) is 0.864. The Morgan fingerprint density at radius 3 is 2.60 bits per heavy atom. The lowest BCUT2D eigenvalue weighted by Gasteiger charge is -2.33. The molecule has 1 N–H and O–H groups in total. The highest BCUT2D eigenvalue weighted by Crippen LogP contribution is 2.19. The average molecular weight is 276 g/mol. The number of likely N-dealkylation sites (tertiary alicyclic amines) is 1. The van der Waals surface area contributed by atoms with E-state index in [2.05, 4.69) is 53.3 Å². The van der Waals surface area contributed by atoms with E-state index in [0.717, 1.165) is 24.8 Å². The normalized spacial score (nSPS) is 17.6. The molecule has 2 heterocycles. The van der Waals surface area contributed by atoms with Gasteiger partial charge in [0.05, 0.1) is 0 Å². The lowest BCUT2D eigenvalue weighted by molar-refractivity contribution is 0.157. The van der Waals surface area contributed by atoms with E-state index in [1.807, 2.05) is 6.20 Å². The molecule has 1 aromatic rings. The topological polar surface area (TPSA) is 31.4 Å². The molecule has 1 aromatic heterocycles. The Balaban J connectivity index is 1.77. The number of piperidine rings is 1. The summed E-state index contributed by atoms with van der Waals surface area (Å²) in [5, 5.41) is 3.23.